The summed E-state index contributed by atoms with van der Waals surface area (Å²) in [4.78, 5) is 24.4. The number of carbonyl (C=O) groups is 2. The number of ether oxygens (including phenoxy) is 1. The van der Waals surface area contributed by atoms with Gasteiger partial charge in [-0.15, -0.1) is 9.24 Å². The number of Topliss-reactive ketones (excluding diaryl/α,β-unsaturated/α-hetero) is 1. The van der Waals surface area contributed by atoms with E-state index in [2.05, 4.69) is 9.24 Å². The molecule has 2 aromatic rings. The molecule has 0 aliphatic rings. The van der Waals surface area contributed by atoms with Gasteiger partial charge in [0.25, 0.3) is 0 Å². The van der Waals surface area contributed by atoms with Crippen LogP contribution in [0.1, 0.15) is 30.0 Å². The van der Waals surface area contributed by atoms with E-state index in [0.29, 0.717) is 6.16 Å². The Balaban J connectivity index is 2.23. The van der Waals surface area contributed by atoms with Gasteiger partial charge in [0, 0.05) is 12.0 Å². The lowest BCUT2D eigenvalue weighted by atomic mass is 10.0. The van der Waals surface area contributed by atoms with E-state index in [9.17, 15) is 14.0 Å². The van der Waals surface area contributed by atoms with Crippen molar-refractivity contribution in [3.05, 3.63) is 76.6 Å². The summed E-state index contributed by atoms with van der Waals surface area (Å²) in [6, 6.07) is 13.9. The molecule has 25 heavy (non-hydrogen) atoms. The average molecular weight is 358 g/mol. The molecular weight excluding hydrogens is 338 g/mol. The van der Waals surface area contributed by atoms with E-state index in [4.69, 9.17) is 4.74 Å². The quantitative estimate of drug-likeness (QED) is 0.244. The summed E-state index contributed by atoms with van der Waals surface area (Å²) >= 11 is 0. The highest BCUT2D eigenvalue weighted by molar-refractivity contribution is 7.15. The molecule has 0 saturated heterocycles. The summed E-state index contributed by atoms with van der Waals surface area (Å²) in [6.07, 6.45) is 2.03. The first-order valence-electron chi connectivity index (χ1n) is 7.99. The minimum atomic E-state index is -0.745. The second-order valence-electron chi connectivity index (χ2n) is 5.46. The maximum Gasteiger partial charge on any atom is 0.342 e. The van der Waals surface area contributed by atoms with Crippen LogP contribution in [0.15, 0.2) is 54.1 Å². The highest BCUT2D eigenvalue weighted by Gasteiger charge is 2.19. The lowest BCUT2D eigenvalue weighted by Crippen LogP contribution is -2.15. The first-order valence-corrected chi connectivity index (χ1v) is 8.81. The Hall–Kier alpha value is -2.32. The Morgan fingerprint density at radius 3 is 2.44 bits per heavy atom. The summed E-state index contributed by atoms with van der Waals surface area (Å²) in [5, 5.41) is 0. The number of hydrogen-bond donors (Lipinski definition) is 0. The highest BCUT2D eigenvalue weighted by atomic mass is 31.0. The fourth-order valence-corrected chi connectivity index (χ4v) is 2.47. The van der Waals surface area contributed by atoms with E-state index in [1.807, 2.05) is 30.3 Å². The number of carbonyl (C=O) groups excluding carboxylic acids is 2. The zero-order valence-corrected chi connectivity index (χ0v) is 15.2. The van der Waals surface area contributed by atoms with Crippen LogP contribution >= 0.6 is 9.24 Å². The molecule has 0 saturated carbocycles. The fraction of sp³-hybridized carbons (Fsp3) is 0.200. The van der Waals surface area contributed by atoms with Gasteiger partial charge in [-0.2, -0.15) is 0 Å². The van der Waals surface area contributed by atoms with Crippen molar-refractivity contribution in [2.75, 3.05) is 0 Å². The van der Waals surface area contributed by atoms with Crippen LogP contribution in [0.4, 0.5) is 4.39 Å². The van der Waals surface area contributed by atoms with Gasteiger partial charge < -0.3 is 4.74 Å². The second kappa shape index (κ2) is 9.24. The maximum absolute atomic E-state index is 14.2. The molecule has 0 fully saturated rings. The average Bonchev–Trinajstić information content (AvgIpc) is 2.65. The topological polar surface area (TPSA) is 43.4 Å². The van der Waals surface area contributed by atoms with Gasteiger partial charge in [0.1, 0.15) is 18.0 Å². The Morgan fingerprint density at radius 2 is 1.84 bits per heavy atom. The van der Waals surface area contributed by atoms with Gasteiger partial charge in [0.15, 0.2) is 5.78 Å². The van der Waals surface area contributed by atoms with Gasteiger partial charge in [0.05, 0.1) is 0 Å². The first kappa shape index (κ1) is 19.0. The summed E-state index contributed by atoms with van der Waals surface area (Å²) in [7, 11) is 2.52. The Bertz CT molecular complexity index is 785. The minimum absolute atomic E-state index is 0.0580. The molecule has 130 valence electrons. The van der Waals surface area contributed by atoms with Crippen molar-refractivity contribution in [3.8, 4) is 0 Å². The third-order valence-corrected chi connectivity index (χ3v) is 4.13. The smallest absolute Gasteiger partial charge is 0.342 e. The Kier molecular flexibility index (Phi) is 7.03. The number of hydrogen-bond acceptors (Lipinski definition) is 3. The van der Waals surface area contributed by atoms with Crippen LogP contribution in [0.3, 0.4) is 0 Å². The van der Waals surface area contributed by atoms with Gasteiger partial charge in [-0.1, -0.05) is 49.4 Å². The summed E-state index contributed by atoms with van der Waals surface area (Å²) in [5.74, 6) is -1.60. The molecule has 0 aromatic heterocycles. The van der Waals surface area contributed by atoms with E-state index in [0.717, 1.165) is 11.1 Å². The number of benzene rings is 2. The van der Waals surface area contributed by atoms with E-state index >= 15 is 0 Å². The molecule has 0 bridgehead atoms. The van der Waals surface area contributed by atoms with Crippen molar-refractivity contribution < 1.29 is 18.7 Å². The normalized spacial score (nSPS) is 11.2. The van der Waals surface area contributed by atoms with Gasteiger partial charge >= 0.3 is 5.97 Å². The third kappa shape index (κ3) is 5.33. The largest absolute Gasteiger partial charge is 0.457 e. The number of esters is 1. The van der Waals surface area contributed by atoms with Crippen molar-refractivity contribution in [3.63, 3.8) is 0 Å². The maximum atomic E-state index is 14.2. The van der Waals surface area contributed by atoms with Crippen molar-refractivity contribution >= 4 is 27.1 Å². The van der Waals surface area contributed by atoms with Crippen molar-refractivity contribution in [2.45, 2.75) is 26.1 Å². The summed E-state index contributed by atoms with van der Waals surface area (Å²) in [6.45, 7) is 1.71. The van der Waals surface area contributed by atoms with Crippen molar-refractivity contribution in [2.24, 2.45) is 0 Å². The first-order chi connectivity index (χ1) is 12.0. The molecule has 0 N–H and O–H groups in total. The number of ketones is 1. The van der Waals surface area contributed by atoms with Crippen LogP contribution in [-0.4, -0.2) is 11.8 Å². The molecule has 5 heteroatoms. The van der Waals surface area contributed by atoms with Gasteiger partial charge in [0.2, 0.25) is 0 Å². The van der Waals surface area contributed by atoms with E-state index in [1.54, 1.807) is 19.1 Å². The Labute approximate surface area is 149 Å². The predicted molar refractivity (Wildman–Crippen MR) is 99.3 cm³/mol. The molecule has 0 amide bonds. The zero-order valence-electron chi connectivity index (χ0n) is 14.0. The van der Waals surface area contributed by atoms with Crippen LogP contribution in [0.25, 0.3) is 6.08 Å². The minimum Gasteiger partial charge on any atom is -0.457 e. The molecule has 0 aliphatic heterocycles. The predicted octanol–water partition coefficient (Wildman–Crippen LogP) is 4.31. The zero-order chi connectivity index (χ0) is 18.2. The van der Waals surface area contributed by atoms with Crippen LogP contribution in [0, 0.1) is 5.82 Å². The summed E-state index contributed by atoms with van der Waals surface area (Å²) in [5.41, 5.74) is 1.68. The number of rotatable bonds is 7. The van der Waals surface area contributed by atoms with Gasteiger partial charge in [-0.25, -0.2) is 9.18 Å². The van der Waals surface area contributed by atoms with E-state index in [1.165, 1.54) is 12.1 Å². The lowest BCUT2D eigenvalue weighted by Gasteiger charge is -2.08. The highest BCUT2D eigenvalue weighted by Crippen LogP contribution is 2.18. The van der Waals surface area contributed by atoms with E-state index < -0.39 is 11.8 Å². The van der Waals surface area contributed by atoms with Gasteiger partial charge in [-0.3, -0.25) is 4.79 Å². The molecule has 0 aliphatic carbocycles. The Morgan fingerprint density at radius 1 is 1.12 bits per heavy atom. The molecule has 2 rings (SSSR count). The van der Waals surface area contributed by atoms with Crippen LogP contribution in [0.5, 0.6) is 0 Å². The second-order valence-corrected chi connectivity index (χ2v) is 5.86. The lowest BCUT2D eigenvalue weighted by molar-refractivity contribution is -0.141. The third-order valence-electron chi connectivity index (χ3n) is 3.65. The molecule has 1 unspecified atom stereocenters. The van der Waals surface area contributed by atoms with E-state index in [-0.39, 0.29) is 29.9 Å². The molecule has 2 aromatic carbocycles. The monoisotopic (exact) mass is 358 g/mol. The van der Waals surface area contributed by atoms with Gasteiger partial charge in [-0.05, 0) is 29.4 Å². The SMILES string of the molecule is CCC(=O)/C(=C\c1ccc(CP)cc1F)C(=O)OCc1ccccc1. The standard InChI is InChI=1S/C20H20FO3P/c1-2-19(22)17(11-16-9-8-15(13-25)10-18(16)21)20(23)24-12-14-6-4-3-5-7-14/h3-11H,2,12-13,25H2,1H3/b17-11+. The summed E-state index contributed by atoms with van der Waals surface area (Å²) < 4.78 is 19.4. The van der Waals surface area contributed by atoms with Crippen LogP contribution < -0.4 is 0 Å². The molecule has 1 atom stereocenters. The molecule has 0 radical (unpaired) electrons. The molecule has 3 nitrogen and oxygen atoms in total. The molecule has 0 spiro atoms. The molecular formula is C20H20FO3P. The van der Waals surface area contributed by atoms with Crippen LogP contribution in [0.2, 0.25) is 0 Å². The number of halogens is 1. The van der Waals surface area contributed by atoms with Crippen LogP contribution in [-0.2, 0) is 27.1 Å². The van der Waals surface area contributed by atoms with Crippen molar-refractivity contribution in [1.82, 2.24) is 0 Å². The fourth-order valence-electron chi connectivity index (χ4n) is 2.21. The molecule has 0 heterocycles. The van der Waals surface area contributed by atoms with Crippen molar-refractivity contribution in [1.29, 1.82) is 0 Å².